The van der Waals surface area contributed by atoms with Crippen LogP contribution >= 0.6 is 22.9 Å². The van der Waals surface area contributed by atoms with E-state index in [0.29, 0.717) is 34.8 Å². The molecule has 224 valence electrons. The maximum Gasteiger partial charge on any atom is 0.282 e. The average molecular weight is 629 g/mol. The number of piperazine rings is 1. The monoisotopic (exact) mass is 628 g/mol. The average Bonchev–Trinajstić information content (AvgIpc) is 3.67. The molecule has 2 saturated heterocycles. The molecule has 0 radical (unpaired) electrons. The lowest BCUT2D eigenvalue weighted by Crippen LogP contribution is -2.55. The molecule has 11 heteroatoms. The van der Waals surface area contributed by atoms with Crippen molar-refractivity contribution in [3.8, 4) is 29.1 Å². The Morgan fingerprint density at radius 3 is 2.77 bits per heavy atom. The molecule has 2 aromatic carbocycles. The number of likely N-dealkylation sites (N-methyl/N-ethyl adjacent to an activating group) is 1. The number of nitrogens with zero attached hydrogens (tertiary/aromatic N) is 6. The number of pyridine rings is 1. The third-order valence-electron chi connectivity index (χ3n) is 8.60. The lowest BCUT2D eigenvalue weighted by atomic mass is 9.99. The van der Waals surface area contributed by atoms with E-state index >= 15 is 0 Å². The number of fused-ring (bicyclic) bond motifs is 2. The molecule has 2 fully saturated rings. The van der Waals surface area contributed by atoms with Gasteiger partial charge in [0.25, 0.3) is 5.91 Å². The van der Waals surface area contributed by atoms with Gasteiger partial charge in [-0.3, -0.25) is 4.79 Å². The largest absolute Gasteiger partial charge is 0.475 e. The molecule has 2 aliphatic heterocycles. The minimum absolute atomic E-state index is 0.00643. The van der Waals surface area contributed by atoms with Crippen LogP contribution in [0.5, 0.6) is 5.88 Å². The zero-order valence-corrected chi connectivity index (χ0v) is 25.8. The van der Waals surface area contributed by atoms with Gasteiger partial charge in [0.1, 0.15) is 18.2 Å². The fourth-order valence-electron chi connectivity index (χ4n) is 6.32. The molecule has 0 unspecified atom stereocenters. The zero-order chi connectivity index (χ0) is 31.0. The number of nitriles is 2. The van der Waals surface area contributed by atoms with E-state index < -0.39 is 17.8 Å². The molecule has 0 aliphatic carbocycles. The number of amides is 1. The highest BCUT2D eigenvalue weighted by Crippen LogP contribution is 2.43. The van der Waals surface area contributed by atoms with E-state index in [9.17, 15) is 19.7 Å². The van der Waals surface area contributed by atoms with E-state index in [1.807, 2.05) is 34.5 Å². The van der Waals surface area contributed by atoms with Gasteiger partial charge in [0.2, 0.25) is 5.88 Å². The molecule has 2 aliphatic rings. The van der Waals surface area contributed by atoms with Gasteiger partial charge in [0.05, 0.1) is 29.7 Å². The van der Waals surface area contributed by atoms with E-state index in [1.54, 1.807) is 11.3 Å². The summed E-state index contributed by atoms with van der Waals surface area (Å²) in [4.78, 5) is 23.0. The molecule has 4 aromatic rings. The number of thiophene rings is 1. The molecular weight excluding hydrogens is 599 g/mol. The van der Waals surface area contributed by atoms with Crippen molar-refractivity contribution < 1.29 is 13.9 Å². The van der Waals surface area contributed by atoms with E-state index in [-0.39, 0.29) is 37.0 Å². The first-order chi connectivity index (χ1) is 21.3. The van der Waals surface area contributed by atoms with E-state index in [4.69, 9.17) is 21.3 Å². The van der Waals surface area contributed by atoms with Crippen molar-refractivity contribution in [2.45, 2.75) is 31.3 Å². The number of hydrogen-bond acceptors (Lipinski definition) is 8. The number of carbonyl (C=O) groups is 1. The summed E-state index contributed by atoms with van der Waals surface area (Å²) in [6, 6.07) is 16.0. The van der Waals surface area contributed by atoms with Crippen LogP contribution in [0.3, 0.4) is 0 Å². The summed E-state index contributed by atoms with van der Waals surface area (Å²) < 4.78 is 21.3. The summed E-state index contributed by atoms with van der Waals surface area (Å²) in [7, 11) is 2.06. The van der Waals surface area contributed by atoms with Gasteiger partial charge < -0.3 is 19.4 Å². The molecule has 0 N–H and O–H groups in total. The Morgan fingerprint density at radius 2 is 2.05 bits per heavy atom. The van der Waals surface area contributed by atoms with Crippen LogP contribution in [0.25, 0.3) is 32.1 Å². The predicted octanol–water partition coefficient (Wildman–Crippen LogP) is 6.53. The molecule has 4 heterocycles. The summed E-state index contributed by atoms with van der Waals surface area (Å²) in [6.45, 7) is 5.19. The third kappa shape index (κ3) is 5.46. The number of likely N-dealkylation sites (tertiary alicyclic amines) is 1. The number of aromatic nitrogens is 1. The highest BCUT2D eigenvalue weighted by molar-refractivity contribution is 7.17. The van der Waals surface area contributed by atoms with Crippen LogP contribution in [0.4, 0.5) is 10.1 Å². The number of anilines is 1. The minimum Gasteiger partial charge on any atom is -0.475 e. The molecule has 44 heavy (non-hydrogen) atoms. The topological polar surface area (TPSA) is 96.5 Å². The SMILES string of the molecule is C=C(F)C(=O)N1CCN(c2c(C#N)c(OC[C@@H]3CCCN3C)nc3cc(-c4cccc5ccsc45)c(Cl)cc23)C[C@@H]1CC#N. The first-order valence-electron chi connectivity index (χ1n) is 14.4. The molecule has 2 atom stereocenters. The van der Waals surface area contributed by atoms with Gasteiger partial charge in [-0.15, -0.1) is 11.3 Å². The fourth-order valence-corrected chi connectivity index (χ4v) is 7.51. The van der Waals surface area contributed by atoms with Crippen molar-refractivity contribution in [3.05, 3.63) is 64.8 Å². The van der Waals surface area contributed by atoms with Gasteiger partial charge in [0.15, 0.2) is 5.83 Å². The standard InChI is InChI=1S/C33H30ClFN6O2S/c1-20(35)33(42)41-13-12-40(18-22(41)8-10-36)30-26-15-28(34)25(24-7-3-5-21-9-14-44-31(21)24)16-29(26)38-32(27(30)17-37)43-19-23-6-4-11-39(23)2/h3,5,7,9,14-16,22-23H,1,4,6,8,11-13,18-19H2,2H3/t22-,23-/m0/s1. The number of ether oxygens (including phenoxy) is 1. The predicted molar refractivity (Wildman–Crippen MR) is 172 cm³/mol. The molecule has 0 spiro atoms. The van der Waals surface area contributed by atoms with Gasteiger partial charge in [-0.1, -0.05) is 36.4 Å². The van der Waals surface area contributed by atoms with Crippen molar-refractivity contribution in [2.24, 2.45) is 0 Å². The third-order valence-corrected chi connectivity index (χ3v) is 9.87. The fraction of sp³-hybridized carbons (Fsp3) is 0.333. The normalized spacial score (nSPS) is 18.8. The Morgan fingerprint density at radius 1 is 1.20 bits per heavy atom. The first kappa shape index (κ1) is 29.8. The van der Waals surface area contributed by atoms with Crippen molar-refractivity contribution in [2.75, 3.05) is 44.7 Å². The summed E-state index contributed by atoms with van der Waals surface area (Å²) in [6.07, 6.45) is 2.07. The van der Waals surface area contributed by atoms with Crippen molar-refractivity contribution >= 4 is 55.5 Å². The zero-order valence-electron chi connectivity index (χ0n) is 24.2. The van der Waals surface area contributed by atoms with Crippen LogP contribution < -0.4 is 9.64 Å². The quantitative estimate of drug-likeness (QED) is 0.215. The molecule has 0 bridgehead atoms. The van der Waals surface area contributed by atoms with Crippen LogP contribution in [-0.2, 0) is 4.79 Å². The van der Waals surface area contributed by atoms with Gasteiger partial charge in [-0.05, 0) is 55.4 Å². The van der Waals surface area contributed by atoms with Crippen molar-refractivity contribution in [1.82, 2.24) is 14.8 Å². The van der Waals surface area contributed by atoms with Crippen LogP contribution in [0.2, 0.25) is 5.02 Å². The number of carbonyl (C=O) groups excluding carboxylic acids is 1. The molecular formula is C33H30ClFN6O2S. The molecule has 2 aromatic heterocycles. The lowest BCUT2D eigenvalue weighted by Gasteiger charge is -2.42. The molecule has 1 amide bonds. The van der Waals surface area contributed by atoms with Crippen molar-refractivity contribution in [3.63, 3.8) is 0 Å². The number of hydrogen-bond donors (Lipinski definition) is 0. The Hall–Kier alpha value is -4.22. The summed E-state index contributed by atoms with van der Waals surface area (Å²) in [5.41, 5.74) is 3.24. The highest BCUT2D eigenvalue weighted by atomic mass is 35.5. The van der Waals surface area contributed by atoms with Gasteiger partial charge >= 0.3 is 0 Å². The minimum atomic E-state index is -1.07. The second-order valence-electron chi connectivity index (χ2n) is 11.2. The van der Waals surface area contributed by atoms with Crippen LogP contribution in [-0.4, -0.2) is 72.6 Å². The van der Waals surface area contributed by atoms with E-state index in [1.165, 1.54) is 4.90 Å². The Balaban J connectivity index is 1.49. The first-order valence-corrected chi connectivity index (χ1v) is 15.7. The Bertz CT molecular complexity index is 1860. The molecule has 8 nitrogen and oxygen atoms in total. The maximum absolute atomic E-state index is 13.9. The Kier molecular flexibility index (Phi) is 8.42. The van der Waals surface area contributed by atoms with Gasteiger partial charge in [0, 0.05) is 51.9 Å². The van der Waals surface area contributed by atoms with Crippen LogP contribution in [0, 0.1) is 22.7 Å². The number of benzene rings is 2. The lowest BCUT2D eigenvalue weighted by molar-refractivity contribution is -0.131. The van der Waals surface area contributed by atoms with Gasteiger partial charge in [-0.25, -0.2) is 9.37 Å². The van der Waals surface area contributed by atoms with Crippen LogP contribution in [0.15, 0.2) is 54.2 Å². The number of halogens is 2. The molecule has 6 rings (SSSR count). The summed E-state index contributed by atoms with van der Waals surface area (Å²) >= 11 is 8.62. The Labute approximate surface area is 264 Å². The van der Waals surface area contributed by atoms with Crippen molar-refractivity contribution in [1.29, 1.82) is 10.5 Å². The maximum atomic E-state index is 13.9. The van der Waals surface area contributed by atoms with E-state index in [2.05, 4.69) is 42.8 Å². The van der Waals surface area contributed by atoms with E-state index in [0.717, 1.165) is 40.6 Å². The number of rotatable bonds is 7. The smallest absolute Gasteiger partial charge is 0.282 e. The van der Waals surface area contributed by atoms with Gasteiger partial charge in [-0.2, -0.15) is 10.5 Å². The second kappa shape index (κ2) is 12.4. The summed E-state index contributed by atoms with van der Waals surface area (Å²) in [5, 5.41) is 24.4. The van der Waals surface area contributed by atoms with Crippen LogP contribution in [0.1, 0.15) is 24.8 Å². The highest BCUT2D eigenvalue weighted by Gasteiger charge is 2.34. The summed E-state index contributed by atoms with van der Waals surface area (Å²) in [5.74, 6) is -1.67. The second-order valence-corrected chi connectivity index (χ2v) is 12.5. The molecule has 0 saturated carbocycles.